The number of ether oxygens (including phenoxy) is 1. The Labute approximate surface area is 103 Å². The van der Waals surface area contributed by atoms with E-state index in [4.69, 9.17) is 9.84 Å². The third-order valence-electron chi connectivity index (χ3n) is 2.20. The van der Waals surface area contributed by atoms with Crippen molar-refractivity contribution in [2.24, 2.45) is 0 Å². The van der Waals surface area contributed by atoms with Crippen LogP contribution in [0.1, 0.15) is 16.3 Å². The van der Waals surface area contributed by atoms with E-state index >= 15 is 0 Å². The third kappa shape index (κ3) is 3.01. The second kappa shape index (κ2) is 5.25. The molecule has 0 unspecified atom stereocenters. The van der Waals surface area contributed by atoms with E-state index in [0.29, 0.717) is 5.56 Å². The molecule has 1 aromatic heterocycles. The molecule has 0 aliphatic heterocycles. The van der Waals surface area contributed by atoms with Crippen LogP contribution in [0.5, 0.6) is 5.75 Å². The molecule has 17 heavy (non-hydrogen) atoms. The van der Waals surface area contributed by atoms with Gasteiger partial charge >= 0.3 is 0 Å². The van der Waals surface area contributed by atoms with Gasteiger partial charge in [-0.05, 0) is 24.6 Å². The summed E-state index contributed by atoms with van der Waals surface area (Å²) in [6.07, 6.45) is 0. The van der Waals surface area contributed by atoms with Gasteiger partial charge in [-0.3, -0.25) is 0 Å². The van der Waals surface area contributed by atoms with Crippen molar-refractivity contribution < 1.29 is 14.2 Å². The molecule has 0 amide bonds. The van der Waals surface area contributed by atoms with Crippen molar-refractivity contribution in [3.05, 3.63) is 45.7 Å². The first-order valence-electron chi connectivity index (χ1n) is 5.12. The highest BCUT2D eigenvalue weighted by molar-refractivity contribution is 7.09. The lowest BCUT2D eigenvalue weighted by Gasteiger charge is -2.06. The van der Waals surface area contributed by atoms with Gasteiger partial charge < -0.3 is 9.84 Å². The minimum absolute atomic E-state index is 0.176. The molecule has 0 aliphatic rings. The lowest BCUT2D eigenvalue weighted by molar-refractivity contribution is 0.276. The van der Waals surface area contributed by atoms with Crippen LogP contribution in [0.25, 0.3) is 0 Å². The molecular formula is C12H12FNO2S. The topological polar surface area (TPSA) is 42.4 Å². The molecule has 0 fully saturated rings. The van der Waals surface area contributed by atoms with Crippen LogP contribution in [0.2, 0.25) is 0 Å². The average Bonchev–Trinajstić information content (AvgIpc) is 2.73. The molecule has 90 valence electrons. The van der Waals surface area contributed by atoms with Crippen LogP contribution in [0.3, 0.4) is 0 Å². The molecule has 0 saturated carbocycles. The van der Waals surface area contributed by atoms with Crippen LogP contribution in [-0.4, -0.2) is 10.1 Å². The van der Waals surface area contributed by atoms with Gasteiger partial charge in [-0.15, -0.1) is 11.3 Å². The summed E-state index contributed by atoms with van der Waals surface area (Å²) >= 11 is 1.48. The first-order valence-corrected chi connectivity index (χ1v) is 6.00. The summed E-state index contributed by atoms with van der Waals surface area (Å²) in [5.41, 5.74) is 1.46. The molecule has 2 aromatic rings. The monoisotopic (exact) mass is 253 g/mol. The largest absolute Gasteiger partial charge is 0.483 e. The fraction of sp³-hybridized carbons (Fsp3) is 0.250. The highest BCUT2D eigenvalue weighted by Gasteiger charge is 2.06. The molecule has 0 atom stereocenters. The Kier molecular flexibility index (Phi) is 3.71. The second-order valence-corrected chi connectivity index (χ2v) is 4.54. The number of aryl methyl sites for hydroxylation is 1. The fourth-order valence-electron chi connectivity index (χ4n) is 1.37. The van der Waals surface area contributed by atoms with Gasteiger partial charge in [0.25, 0.3) is 0 Å². The molecule has 0 spiro atoms. The van der Waals surface area contributed by atoms with Gasteiger partial charge in [0.1, 0.15) is 11.6 Å². The summed E-state index contributed by atoms with van der Waals surface area (Å²) < 4.78 is 18.8. The van der Waals surface area contributed by atoms with Gasteiger partial charge in [0.2, 0.25) is 0 Å². The Morgan fingerprint density at radius 1 is 1.47 bits per heavy atom. The molecule has 2 rings (SSSR count). The van der Waals surface area contributed by atoms with Crippen molar-refractivity contribution >= 4 is 11.3 Å². The summed E-state index contributed by atoms with van der Waals surface area (Å²) in [6, 6.07) is 4.41. The number of nitrogens with zero attached hydrogens (tertiary/aromatic N) is 1. The number of hydrogen-bond donors (Lipinski definition) is 1. The quantitative estimate of drug-likeness (QED) is 0.910. The molecule has 1 N–H and O–H groups in total. The van der Waals surface area contributed by atoms with Gasteiger partial charge in [-0.25, -0.2) is 9.37 Å². The summed E-state index contributed by atoms with van der Waals surface area (Å²) in [7, 11) is 0. The third-order valence-corrected chi connectivity index (χ3v) is 3.14. The molecule has 0 bridgehead atoms. The SMILES string of the molecule is Cc1csc(COc2ccc(CO)cc2F)n1. The lowest BCUT2D eigenvalue weighted by Crippen LogP contribution is -1.98. The van der Waals surface area contributed by atoms with Crippen molar-refractivity contribution in [1.29, 1.82) is 0 Å². The average molecular weight is 253 g/mol. The van der Waals surface area contributed by atoms with Gasteiger partial charge in [0.15, 0.2) is 11.6 Å². The molecule has 3 nitrogen and oxygen atoms in total. The minimum Gasteiger partial charge on any atom is -0.483 e. The summed E-state index contributed by atoms with van der Waals surface area (Å²) in [5.74, 6) is -0.292. The summed E-state index contributed by atoms with van der Waals surface area (Å²) in [6.45, 7) is 1.98. The zero-order valence-electron chi connectivity index (χ0n) is 9.31. The predicted octanol–water partition coefficient (Wildman–Crippen LogP) is 2.66. The van der Waals surface area contributed by atoms with E-state index < -0.39 is 5.82 Å². The summed E-state index contributed by atoms with van der Waals surface area (Å²) in [4.78, 5) is 4.22. The minimum atomic E-state index is -0.468. The van der Waals surface area contributed by atoms with E-state index in [-0.39, 0.29) is 19.0 Å². The van der Waals surface area contributed by atoms with Crippen molar-refractivity contribution in [3.8, 4) is 5.75 Å². The molecule has 0 radical (unpaired) electrons. The maximum atomic E-state index is 13.5. The fourth-order valence-corrected chi connectivity index (χ4v) is 2.05. The number of thiazole rings is 1. The summed E-state index contributed by atoms with van der Waals surface area (Å²) in [5, 5.41) is 11.6. The van der Waals surface area contributed by atoms with E-state index in [2.05, 4.69) is 4.98 Å². The van der Waals surface area contributed by atoms with Gasteiger partial charge in [-0.1, -0.05) is 6.07 Å². The maximum Gasteiger partial charge on any atom is 0.165 e. The zero-order valence-corrected chi connectivity index (χ0v) is 10.1. The number of aliphatic hydroxyl groups is 1. The number of hydrogen-bond acceptors (Lipinski definition) is 4. The van der Waals surface area contributed by atoms with Crippen molar-refractivity contribution in [2.45, 2.75) is 20.1 Å². The first kappa shape index (κ1) is 12.0. The molecule has 5 heteroatoms. The van der Waals surface area contributed by atoms with E-state index in [0.717, 1.165) is 10.7 Å². The van der Waals surface area contributed by atoms with Crippen LogP contribution in [0.4, 0.5) is 4.39 Å². The Hall–Kier alpha value is -1.46. The molecule has 1 aromatic carbocycles. The molecule has 0 aliphatic carbocycles. The Morgan fingerprint density at radius 3 is 2.88 bits per heavy atom. The van der Waals surface area contributed by atoms with Crippen LogP contribution < -0.4 is 4.74 Å². The van der Waals surface area contributed by atoms with Gasteiger partial charge in [-0.2, -0.15) is 0 Å². The molecule has 1 heterocycles. The van der Waals surface area contributed by atoms with Crippen LogP contribution in [0.15, 0.2) is 23.6 Å². The van der Waals surface area contributed by atoms with Crippen LogP contribution in [0, 0.1) is 12.7 Å². The molecular weight excluding hydrogens is 241 g/mol. The first-order chi connectivity index (χ1) is 8.19. The highest BCUT2D eigenvalue weighted by Crippen LogP contribution is 2.20. The highest BCUT2D eigenvalue weighted by atomic mass is 32.1. The van der Waals surface area contributed by atoms with E-state index in [9.17, 15) is 4.39 Å². The van der Waals surface area contributed by atoms with Gasteiger partial charge in [0.05, 0.1) is 6.61 Å². The van der Waals surface area contributed by atoms with Gasteiger partial charge in [0, 0.05) is 11.1 Å². The smallest absolute Gasteiger partial charge is 0.165 e. The Balaban J connectivity index is 2.04. The van der Waals surface area contributed by atoms with Crippen molar-refractivity contribution in [2.75, 3.05) is 0 Å². The number of aliphatic hydroxyl groups excluding tert-OH is 1. The molecule has 0 saturated heterocycles. The maximum absolute atomic E-state index is 13.5. The number of halogens is 1. The zero-order chi connectivity index (χ0) is 12.3. The second-order valence-electron chi connectivity index (χ2n) is 3.59. The van der Waals surface area contributed by atoms with Crippen LogP contribution >= 0.6 is 11.3 Å². The van der Waals surface area contributed by atoms with E-state index in [1.54, 1.807) is 6.07 Å². The number of benzene rings is 1. The van der Waals surface area contributed by atoms with E-state index in [1.807, 2.05) is 12.3 Å². The lowest BCUT2D eigenvalue weighted by atomic mass is 10.2. The van der Waals surface area contributed by atoms with Crippen molar-refractivity contribution in [1.82, 2.24) is 4.98 Å². The predicted molar refractivity (Wildman–Crippen MR) is 63.5 cm³/mol. The van der Waals surface area contributed by atoms with Crippen molar-refractivity contribution in [3.63, 3.8) is 0 Å². The normalized spacial score (nSPS) is 10.5. The van der Waals surface area contributed by atoms with Crippen LogP contribution in [-0.2, 0) is 13.2 Å². The Morgan fingerprint density at radius 2 is 2.29 bits per heavy atom. The Bertz CT molecular complexity index is 513. The van der Waals surface area contributed by atoms with E-state index in [1.165, 1.54) is 23.5 Å². The number of rotatable bonds is 4. The standard InChI is InChI=1S/C12H12FNO2S/c1-8-7-17-12(14-8)6-16-11-3-2-9(5-15)4-10(11)13/h2-4,7,15H,5-6H2,1H3. The number of aromatic nitrogens is 1.